The summed E-state index contributed by atoms with van der Waals surface area (Å²) in [5, 5.41) is 3.17. The Balaban J connectivity index is 1.62. The Morgan fingerprint density at radius 3 is 2.52 bits per heavy atom. The summed E-state index contributed by atoms with van der Waals surface area (Å²) in [5.41, 5.74) is 2.52. The molecule has 0 fully saturated rings. The van der Waals surface area contributed by atoms with Gasteiger partial charge in [0.2, 0.25) is 0 Å². The fraction of sp³-hybridized carbons (Fsp3) is 0.188. The molecule has 0 radical (unpaired) electrons. The lowest BCUT2D eigenvalue weighted by Crippen LogP contribution is -2.32. The Kier molecular flexibility index (Phi) is 4.02. The first-order valence-electron chi connectivity index (χ1n) is 6.81. The van der Waals surface area contributed by atoms with Gasteiger partial charge in [0.1, 0.15) is 5.70 Å². The minimum absolute atomic E-state index is 0.111. The summed E-state index contributed by atoms with van der Waals surface area (Å²) in [5.74, 6) is 0. The summed E-state index contributed by atoms with van der Waals surface area (Å²) >= 11 is 0. The second-order valence-electron chi connectivity index (χ2n) is 4.64. The van der Waals surface area contributed by atoms with Crippen LogP contribution in [0.15, 0.2) is 60.0 Å². The van der Waals surface area contributed by atoms with Crippen molar-refractivity contribution in [2.75, 3.05) is 0 Å². The van der Waals surface area contributed by atoms with Crippen LogP contribution < -0.4 is 5.32 Å². The van der Waals surface area contributed by atoms with Crippen molar-refractivity contribution in [1.82, 2.24) is 15.3 Å². The number of nitrogens with zero attached hydrogens (tertiary/aromatic N) is 3. The first-order chi connectivity index (χ1) is 10.3. The Labute approximate surface area is 123 Å². The van der Waals surface area contributed by atoms with Crippen molar-refractivity contribution in [2.24, 2.45) is 4.99 Å². The maximum atomic E-state index is 5.87. The van der Waals surface area contributed by atoms with Gasteiger partial charge in [-0.3, -0.25) is 15.0 Å². The molecule has 0 spiro atoms. The van der Waals surface area contributed by atoms with Crippen molar-refractivity contribution >= 4 is 11.9 Å². The van der Waals surface area contributed by atoms with Crippen LogP contribution in [0.1, 0.15) is 24.4 Å². The highest BCUT2D eigenvalue weighted by Gasteiger charge is 2.16. The van der Waals surface area contributed by atoms with Crippen LogP contribution in [-0.4, -0.2) is 22.4 Å². The lowest BCUT2D eigenvalue weighted by molar-refractivity contribution is 0.0233. The second kappa shape index (κ2) is 6.28. The van der Waals surface area contributed by atoms with Crippen molar-refractivity contribution in [1.29, 1.82) is 0 Å². The molecule has 1 aliphatic heterocycles. The number of aliphatic imine (C=N–C) groups is 1. The monoisotopic (exact) mass is 280 g/mol. The number of ether oxygens (including phenoxy) is 1. The van der Waals surface area contributed by atoms with Gasteiger partial charge in [-0.25, -0.2) is 0 Å². The van der Waals surface area contributed by atoms with Crippen LogP contribution in [0.3, 0.4) is 0 Å². The Bertz CT molecular complexity index is 640. The summed E-state index contributed by atoms with van der Waals surface area (Å²) in [6, 6.07) is 11.5. The molecular weight excluding hydrogens is 264 g/mol. The van der Waals surface area contributed by atoms with E-state index in [0.717, 1.165) is 17.1 Å². The number of nitrogens with one attached hydrogen (secondary N) is 1. The van der Waals surface area contributed by atoms with E-state index >= 15 is 0 Å². The molecule has 0 bridgehead atoms. The molecule has 1 N–H and O–H groups in total. The van der Waals surface area contributed by atoms with Gasteiger partial charge in [0.25, 0.3) is 0 Å². The predicted octanol–water partition coefficient (Wildman–Crippen LogP) is 2.55. The zero-order valence-electron chi connectivity index (χ0n) is 11.7. The maximum Gasteiger partial charge on any atom is 0.164 e. The first kappa shape index (κ1) is 13.5. The fourth-order valence-corrected chi connectivity index (χ4v) is 2.02. The summed E-state index contributed by atoms with van der Waals surface area (Å²) < 4.78 is 5.87. The molecule has 5 nitrogen and oxygen atoms in total. The highest BCUT2D eigenvalue weighted by Crippen LogP contribution is 2.18. The van der Waals surface area contributed by atoms with Crippen LogP contribution >= 0.6 is 0 Å². The number of hydrogen-bond donors (Lipinski definition) is 1. The van der Waals surface area contributed by atoms with Crippen LogP contribution in [0.5, 0.6) is 0 Å². The summed E-state index contributed by atoms with van der Waals surface area (Å²) in [7, 11) is 0. The van der Waals surface area contributed by atoms with E-state index in [1.54, 1.807) is 18.6 Å². The van der Waals surface area contributed by atoms with Crippen LogP contribution in [0.25, 0.3) is 5.70 Å². The topological polar surface area (TPSA) is 59.4 Å². The third-order valence-electron chi connectivity index (χ3n) is 3.12. The SMILES string of the molecule is CC(OC1C=NC(c2ccccn2)=CN1)c1ccccn1. The van der Waals surface area contributed by atoms with E-state index in [1.807, 2.05) is 49.5 Å². The molecule has 0 aliphatic carbocycles. The first-order valence-corrected chi connectivity index (χ1v) is 6.81. The molecule has 0 amide bonds. The molecule has 3 heterocycles. The molecule has 106 valence electrons. The smallest absolute Gasteiger partial charge is 0.164 e. The highest BCUT2D eigenvalue weighted by atomic mass is 16.5. The molecule has 2 aromatic heterocycles. The van der Waals surface area contributed by atoms with Crippen molar-refractivity contribution < 1.29 is 4.74 Å². The Hall–Kier alpha value is -2.53. The molecule has 0 saturated heterocycles. The molecule has 2 atom stereocenters. The van der Waals surface area contributed by atoms with Crippen molar-refractivity contribution in [3.05, 3.63) is 66.4 Å². The van der Waals surface area contributed by atoms with E-state index in [1.165, 1.54) is 0 Å². The van der Waals surface area contributed by atoms with Gasteiger partial charge in [-0.1, -0.05) is 12.1 Å². The summed E-state index contributed by atoms with van der Waals surface area (Å²) in [6.07, 6.45) is 6.68. The molecule has 2 unspecified atom stereocenters. The third-order valence-corrected chi connectivity index (χ3v) is 3.12. The van der Waals surface area contributed by atoms with Crippen molar-refractivity contribution in [3.63, 3.8) is 0 Å². The fourth-order valence-electron chi connectivity index (χ4n) is 2.02. The number of hydrogen-bond acceptors (Lipinski definition) is 5. The number of pyridine rings is 2. The van der Waals surface area contributed by atoms with Crippen LogP contribution in [0.2, 0.25) is 0 Å². The molecule has 1 aliphatic rings. The van der Waals surface area contributed by atoms with Crippen molar-refractivity contribution in [3.8, 4) is 0 Å². The maximum absolute atomic E-state index is 5.87. The third kappa shape index (κ3) is 3.32. The Morgan fingerprint density at radius 1 is 1.10 bits per heavy atom. The average Bonchev–Trinajstić information content (AvgIpc) is 2.57. The average molecular weight is 280 g/mol. The Morgan fingerprint density at radius 2 is 1.90 bits per heavy atom. The number of rotatable bonds is 4. The van der Waals surface area contributed by atoms with Crippen LogP contribution in [-0.2, 0) is 4.74 Å². The highest BCUT2D eigenvalue weighted by molar-refractivity contribution is 5.77. The molecule has 5 heteroatoms. The minimum Gasteiger partial charge on any atom is -0.360 e. The van der Waals surface area contributed by atoms with Gasteiger partial charge < -0.3 is 10.1 Å². The molecule has 3 rings (SSSR count). The standard InChI is InChI=1S/C16H16N4O/c1-12(13-6-2-4-8-17-13)21-16-11-19-15(10-20-16)14-7-3-5-9-18-14/h2-12,16,20H,1H3. The minimum atomic E-state index is -0.269. The van der Waals surface area contributed by atoms with Gasteiger partial charge in [-0.2, -0.15) is 0 Å². The van der Waals surface area contributed by atoms with Gasteiger partial charge in [-0.05, 0) is 31.2 Å². The van der Waals surface area contributed by atoms with E-state index < -0.39 is 0 Å². The molecule has 0 aromatic carbocycles. The van der Waals surface area contributed by atoms with Gasteiger partial charge in [0.05, 0.1) is 23.7 Å². The van der Waals surface area contributed by atoms with Crippen LogP contribution in [0.4, 0.5) is 0 Å². The van der Waals surface area contributed by atoms with E-state index in [9.17, 15) is 0 Å². The van der Waals surface area contributed by atoms with Crippen LogP contribution in [0, 0.1) is 0 Å². The molecule has 21 heavy (non-hydrogen) atoms. The summed E-state index contributed by atoms with van der Waals surface area (Å²) in [4.78, 5) is 12.9. The summed E-state index contributed by atoms with van der Waals surface area (Å²) in [6.45, 7) is 1.97. The van der Waals surface area contributed by atoms with E-state index in [0.29, 0.717) is 0 Å². The van der Waals surface area contributed by atoms with Gasteiger partial charge >= 0.3 is 0 Å². The lowest BCUT2D eigenvalue weighted by atomic mass is 10.2. The van der Waals surface area contributed by atoms with Gasteiger partial charge in [-0.15, -0.1) is 0 Å². The number of aromatic nitrogens is 2. The zero-order chi connectivity index (χ0) is 14.5. The van der Waals surface area contributed by atoms with E-state index in [-0.39, 0.29) is 12.3 Å². The molecule has 2 aromatic rings. The second-order valence-corrected chi connectivity index (χ2v) is 4.64. The largest absolute Gasteiger partial charge is 0.360 e. The molecule has 0 saturated carbocycles. The van der Waals surface area contributed by atoms with E-state index in [4.69, 9.17) is 4.74 Å². The quantitative estimate of drug-likeness (QED) is 0.935. The lowest BCUT2D eigenvalue weighted by Gasteiger charge is -2.22. The predicted molar refractivity (Wildman–Crippen MR) is 81.4 cm³/mol. The van der Waals surface area contributed by atoms with Crippen molar-refractivity contribution in [2.45, 2.75) is 19.3 Å². The zero-order valence-corrected chi connectivity index (χ0v) is 11.7. The van der Waals surface area contributed by atoms with Gasteiger partial charge in [0, 0.05) is 18.6 Å². The van der Waals surface area contributed by atoms with E-state index in [2.05, 4.69) is 20.3 Å². The molecular formula is C16H16N4O. The normalized spacial score (nSPS) is 18.7. The van der Waals surface area contributed by atoms with Gasteiger partial charge in [0.15, 0.2) is 6.23 Å².